The summed E-state index contributed by atoms with van der Waals surface area (Å²) in [4.78, 5) is 0. The van der Waals surface area contributed by atoms with E-state index >= 15 is 0 Å². The SMILES string of the molecule is C[C@]12CC=C3[C@@H](CC[C@]45CC6(CC[C@]34O5)OCCO6)[C@H]1CC[C@]2(O)C#CCOC1CCCCO1. The highest BCUT2D eigenvalue weighted by atomic mass is 16.7. The van der Waals surface area contributed by atoms with Crippen molar-refractivity contribution in [2.24, 2.45) is 17.3 Å². The highest BCUT2D eigenvalue weighted by Crippen LogP contribution is 2.74. The van der Waals surface area contributed by atoms with Gasteiger partial charge in [0.05, 0.1) is 13.2 Å². The van der Waals surface area contributed by atoms with Crippen molar-refractivity contribution < 1.29 is 28.8 Å². The van der Waals surface area contributed by atoms with Gasteiger partial charge in [0.1, 0.15) is 23.4 Å². The highest BCUT2D eigenvalue weighted by molar-refractivity contribution is 5.44. The van der Waals surface area contributed by atoms with E-state index in [1.807, 2.05) is 0 Å². The van der Waals surface area contributed by atoms with Gasteiger partial charge in [-0.25, -0.2) is 0 Å². The van der Waals surface area contributed by atoms with Gasteiger partial charge in [-0.3, -0.25) is 0 Å². The van der Waals surface area contributed by atoms with Crippen molar-refractivity contribution >= 4 is 0 Å². The largest absolute Gasteiger partial charge is 0.377 e. The topological polar surface area (TPSA) is 69.7 Å². The van der Waals surface area contributed by atoms with E-state index in [2.05, 4.69) is 24.8 Å². The van der Waals surface area contributed by atoms with E-state index in [9.17, 15) is 5.11 Å². The first-order chi connectivity index (χ1) is 16.4. The van der Waals surface area contributed by atoms with Gasteiger partial charge in [-0.1, -0.05) is 24.8 Å². The molecule has 7 atom stereocenters. The number of hydrogen-bond donors (Lipinski definition) is 1. The first kappa shape index (κ1) is 22.3. The number of rotatable bonds is 2. The maximum absolute atomic E-state index is 11.8. The van der Waals surface area contributed by atoms with E-state index in [1.165, 1.54) is 5.57 Å². The summed E-state index contributed by atoms with van der Waals surface area (Å²) >= 11 is 0. The van der Waals surface area contributed by atoms with Crippen LogP contribution in [0.5, 0.6) is 0 Å². The molecule has 0 aromatic carbocycles. The fourth-order valence-corrected chi connectivity index (χ4v) is 8.71. The molecule has 0 bridgehead atoms. The summed E-state index contributed by atoms with van der Waals surface area (Å²) in [7, 11) is 0. The third-order valence-corrected chi connectivity index (χ3v) is 10.6. The molecule has 3 heterocycles. The third kappa shape index (κ3) is 2.98. The van der Waals surface area contributed by atoms with Gasteiger partial charge >= 0.3 is 0 Å². The van der Waals surface area contributed by atoms with Crippen LogP contribution in [0.1, 0.15) is 77.6 Å². The molecule has 3 saturated heterocycles. The zero-order valence-electron chi connectivity index (χ0n) is 20.4. The minimum atomic E-state index is -0.963. The van der Waals surface area contributed by atoms with Crippen LogP contribution in [0.3, 0.4) is 0 Å². The van der Waals surface area contributed by atoms with Crippen LogP contribution in [0, 0.1) is 29.1 Å². The quantitative estimate of drug-likeness (QED) is 0.376. The van der Waals surface area contributed by atoms with E-state index in [-0.39, 0.29) is 22.9 Å². The molecule has 6 nitrogen and oxygen atoms in total. The van der Waals surface area contributed by atoms with Crippen LogP contribution >= 0.6 is 0 Å². The van der Waals surface area contributed by atoms with E-state index in [0.717, 1.165) is 77.2 Å². The van der Waals surface area contributed by atoms with Crippen LogP contribution in [-0.2, 0) is 23.7 Å². The van der Waals surface area contributed by atoms with Gasteiger partial charge < -0.3 is 28.8 Å². The number of aliphatic hydroxyl groups is 1. The normalized spacial score (nSPS) is 50.3. The van der Waals surface area contributed by atoms with Crippen molar-refractivity contribution in [1.82, 2.24) is 0 Å². The monoisotopic (exact) mass is 470 g/mol. The van der Waals surface area contributed by atoms with Gasteiger partial charge in [-0.15, -0.1) is 0 Å². The summed E-state index contributed by atoms with van der Waals surface area (Å²) in [6, 6.07) is 0. The van der Waals surface area contributed by atoms with Crippen LogP contribution in [0.4, 0.5) is 0 Å². The molecule has 6 heteroatoms. The van der Waals surface area contributed by atoms with E-state index < -0.39 is 11.4 Å². The Balaban J connectivity index is 1.09. The van der Waals surface area contributed by atoms with Crippen molar-refractivity contribution in [2.75, 3.05) is 26.4 Å². The first-order valence-electron chi connectivity index (χ1n) is 13.6. The molecule has 0 aromatic heterocycles. The zero-order valence-corrected chi connectivity index (χ0v) is 20.4. The fraction of sp³-hybridized carbons (Fsp3) is 0.857. The molecular weight excluding hydrogens is 432 g/mol. The number of fused-ring (bicyclic) bond motifs is 3. The van der Waals surface area contributed by atoms with E-state index in [1.54, 1.807) is 0 Å². The molecule has 4 aliphatic carbocycles. The lowest BCUT2D eigenvalue weighted by atomic mass is 9.53. The minimum Gasteiger partial charge on any atom is -0.377 e. The smallest absolute Gasteiger partial charge is 0.171 e. The Hall–Kier alpha value is -0.940. The second kappa shape index (κ2) is 7.54. The Labute approximate surface area is 202 Å². The van der Waals surface area contributed by atoms with Crippen molar-refractivity contribution in [1.29, 1.82) is 0 Å². The second-order valence-electron chi connectivity index (χ2n) is 12.0. The number of epoxide rings is 1. The maximum Gasteiger partial charge on any atom is 0.171 e. The van der Waals surface area contributed by atoms with Gasteiger partial charge in [0.15, 0.2) is 12.1 Å². The van der Waals surface area contributed by atoms with Crippen molar-refractivity contribution in [3.63, 3.8) is 0 Å². The van der Waals surface area contributed by atoms with Gasteiger partial charge in [0.25, 0.3) is 0 Å². The molecule has 3 saturated carbocycles. The van der Waals surface area contributed by atoms with Crippen LogP contribution in [0.15, 0.2) is 11.6 Å². The summed E-state index contributed by atoms with van der Waals surface area (Å²) < 4.78 is 30.3. The zero-order chi connectivity index (χ0) is 23.1. The van der Waals surface area contributed by atoms with E-state index in [4.69, 9.17) is 23.7 Å². The van der Waals surface area contributed by atoms with Crippen LogP contribution in [0.25, 0.3) is 0 Å². The molecule has 1 N–H and O–H groups in total. The Bertz CT molecular complexity index is 938. The number of hydrogen-bond acceptors (Lipinski definition) is 6. The Morgan fingerprint density at radius 1 is 1.06 bits per heavy atom. The molecule has 0 amide bonds. The lowest BCUT2D eigenvalue weighted by Crippen LogP contribution is -2.53. The fourth-order valence-electron chi connectivity index (χ4n) is 8.71. The minimum absolute atomic E-state index is 0.0983. The molecule has 0 radical (unpaired) electrons. The standard InChI is InChI=1S/C28H38O6/c1-24-10-7-22-20(6-12-26-19-27(32-17-18-33-27)13-14-28(22,26)34-26)21(24)8-11-25(24,29)9-4-16-31-23-5-2-3-15-30-23/h7,20-21,23,29H,2-3,5-6,8,10-19H2,1H3/t20-,21+,23?,24-,25+,26-,28-/m0/s1. The summed E-state index contributed by atoms with van der Waals surface area (Å²) in [5.74, 6) is 6.95. The molecular formula is C28H38O6. The van der Waals surface area contributed by atoms with Crippen LogP contribution in [0.2, 0.25) is 0 Å². The molecule has 186 valence electrons. The highest BCUT2D eigenvalue weighted by Gasteiger charge is 2.79. The van der Waals surface area contributed by atoms with Gasteiger partial charge in [-0.05, 0) is 75.2 Å². The lowest BCUT2D eigenvalue weighted by molar-refractivity contribution is -0.185. The summed E-state index contributed by atoms with van der Waals surface area (Å²) in [5.41, 5.74) is 0.116. The first-order valence-corrected chi connectivity index (χ1v) is 13.6. The van der Waals surface area contributed by atoms with Crippen molar-refractivity contribution in [3.05, 3.63) is 11.6 Å². The molecule has 7 rings (SSSR count). The number of allylic oxidation sites excluding steroid dienone is 1. The predicted octanol–water partition coefficient (Wildman–Crippen LogP) is 3.86. The Kier molecular flexibility index (Phi) is 4.94. The van der Waals surface area contributed by atoms with Gasteiger partial charge in [-0.2, -0.15) is 0 Å². The average molecular weight is 471 g/mol. The molecule has 34 heavy (non-hydrogen) atoms. The molecule has 3 aliphatic heterocycles. The summed E-state index contributed by atoms with van der Waals surface area (Å²) in [5, 5.41) is 11.8. The Morgan fingerprint density at radius 3 is 2.76 bits per heavy atom. The molecule has 0 aromatic rings. The van der Waals surface area contributed by atoms with Gasteiger partial charge in [0, 0.05) is 24.9 Å². The molecule has 1 unspecified atom stereocenters. The molecule has 7 aliphatic rings. The van der Waals surface area contributed by atoms with Crippen LogP contribution in [-0.4, -0.2) is 60.4 Å². The lowest BCUT2D eigenvalue weighted by Gasteiger charge is -2.51. The van der Waals surface area contributed by atoms with Crippen molar-refractivity contribution in [3.8, 4) is 11.8 Å². The third-order valence-electron chi connectivity index (χ3n) is 10.6. The number of ether oxygens (including phenoxy) is 5. The molecule has 1 spiro atoms. The summed E-state index contributed by atoms with van der Waals surface area (Å²) in [6.07, 6.45) is 13.1. The van der Waals surface area contributed by atoms with Gasteiger partial charge in [0.2, 0.25) is 0 Å². The maximum atomic E-state index is 11.8. The van der Waals surface area contributed by atoms with Crippen LogP contribution < -0.4 is 0 Å². The summed E-state index contributed by atoms with van der Waals surface area (Å²) in [6.45, 7) is 4.76. The second-order valence-corrected chi connectivity index (χ2v) is 12.0. The Morgan fingerprint density at radius 2 is 1.94 bits per heavy atom. The van der Waals surface area contributed by atoms with Crippen molar-refractivity contribution in [2.45, 2.75) is 106 Å². The molecule has 6 fully saturated rings. The van der Waals surface area contributed by atoms with E-state index in [0.29, 0.717) is 31.7 Å². The predicted molar refractivity (Wildman–Crippen MR) is 124 cm³/mol. The average Bonchev–Trinajstić information content (AvgIpc) is 3.19.